The van der Waals surface area contributed by atoms with Crippen LogP contribution in [0.1, 0.15) is 44.0 Å². The number of aryl methyl sites for hydroxylation is 2. The molecule has 0 radical (unpaired) electrons. The van der Waals surface area contributed by atoms with Crippen LogP contribution in [0.5, 0.6) is 0 Å². The predicted octanol–water partition coefficient (Wildman–Crippen LogP) is 4.99. The van der Waals surface area contributed by atoms with Crippen molar-refractivity contribution >= 4 is 23.0 Å². The molecule has 0 aliphatic heterocycles. The molecule has 0 fully saturated rings. The summed E-state index contributed by atoms with van der Waals surface area (Å²) < 4.78 is 2.35. The van der Waals surface area contributed by atoms with E-state index in [-0.39, 0.29) is 5.91 Å². The van der Waals surface area contributed by atoms with Crippen molar-refractivity contribution in [3.63, 3.8) is 0 Å². The largest absolute Gasteiger partial charge is 0.353 e. The molecule has 2 aromatic carbocycles. The summed E-state index contributed by atoms with van der Waals surface area (Å²) in [6.07, 6.45) is 8.68. The van der Waals surface area contributed by atoms with E-state index in [2.05, 4.69) is 35.0 Å². The first-order valence-corrected chi connectivity index (χ1v) is 10.2. The molecule has 146 valence electrons. The SMILES string of the molecule is CCCn1c(CCCCCNC(=O)/C=C/c2ccccc2)nc2ccccc21. The van der Waals surface area contributed by atoms with Crippen LogP contribution in [-0.4, -0.2) is 22.0 Å². The monoisotopic (exact) mass is 375 g/mol. The molecule has 0 saturated heterocycles. The Hall–Kier alpha value is -2.88. The fourth-order valence-electron chi connectivity index (χ4n) is 3.38. The Labute approximate surface area is 167 Å². The van der Waals surface area contributed by atoms with Gasteiger partial charge in [0, 0.05) is 25.6 Å². The number of aromatic nitrogens is 2. The van der Waals surface area contributed by atoms with Crippen LogP contribution in [0.2, 0.25) is 0 Å². The van der Waals surface area contributed by atoms with E-state index in [0.29, 0.717) is 6.54 Å². The van der Waals surface area contributed by atoms with Gasteiger partial charge in [0.15, 0.2) is 0 Å². The summed E-state index contributed by atoms with van der Waals surface area (Å²) in [5.74, 6) is 1.14. The van der Waals surface area contributed by atoms with Crippen LogP contribution in [0, 0.1) is 0 Å². The highest BCUT2D eigenvalue weighted by Gasteiger charge is 2.09. The molecule has 0 atom stereocenters. The number of nitrogens with zero attached hydrogens (tertiary/aromatic N) is 2. The molecule has 1 heterocycles. The van der Waals surface area contributed by atoms with Crippen molar-refractivity contribution in [1.29, 1.82) is 0 Å². The van der Waals surface area contributed by atoms with Crippen LogP contribution in [-0.2, 0) is 17.8 Å². The second kappa shape index (κ2) is 10.5. The Morgan fingerprint density at radius 1 is 1.04 bits per heavy atom. The minimum atomic E-state index is -0.0337. The van der Waals surface area contributed by atoms with Gasteiger partial charge in [-0.3, -0.25) is 4.79 Å². The molecule has 1 amide bonds. The number of carbonyl (C=O) groups excluding carboxylic acids is 1. The lowest BCUT2D eigenvalue weighted by Gasteiger charge is -2.08. The number of hydrogen-bond acceptors (Lipinski definition) is 2. The number of carbonyl (C=O) groups is 1. The standard InChI is InChI=1S/C24H29N3O/c1-2-19-27-22-14-9-8-13-21(22)26-23(27)15-7-4-10-18-25-24(28)17-16-20-11-5-3-6-12-20/h3,5-6,8-9,11-14,16-17H,2,4,7,10,15,18-19H2,1H3,(H,25,28)/b17-16+. The first kappa shape index (κ1) is 19.9. The van der Waals surface area contributed by atoms with Gasteiger partial charge in [-0.2, -0.15) is 0 Å². The minimum Gasteiger partial charge on any atom is -0.353 e. The lowest BCUT2D eigenvalue weighted by Crippen LogP contribution is -2.22. The van der Waals surface area contributed by atoms with Crippen LogP contribution in [0.3, 0.4) is 0 Å². The molecule has 1 N–H and O–H groups in total. The molecule has 0 bridgehead atoms. The van der Waals surface area contributed by atoms with Gasteiger partial charge in [0.05, 0.1) is 11.0 Å². The normalized spacial score (nSPS) is 11.3. The molecule has 4 nitrogen and oxygen atoms in total. The van der Waals surface area contributed by atoms with E-state index in [0.717, 1.165) is 49.7 Å². The number of nitrogens with one attached hydrogen (secondary N) is 1. The van der Waals surface area contributed by atoms with Crippen molar-refractivity contribution in [3.8, 4) is 0 Å². The van der Waals surface area contributed by atoms with Gasteiger partial charge in [0.2, 0.25) is 5.91 Å². The number of amides is 1. The Morgan fingerprint density at radius 3 is 2.64 bits per heavy atom. The summed E-state index contributed by atoms with van der Waals surface area (Å²) in [4.78, 5) is 16.7. The van der Waals surface area contributed by atoms with E-state index >= 15 is 0 Å². The van der Waals surface area contributed by atoms with Crippen molar-refractivity contribution in [1.82, 2.24) is 14.9 Å². The smallest absolute Gasteiger partial charge is 0.243 e. The van der Waals surface area contributed by atoms with Crippen LogP contribution in [0.25, 0.3) is 17.1 Å². The van der Waals surface area contributed by atoms with E-state index in [1.54, 1.807) is 6.08 Å². The van der Waals surface area contributed by atoms with Crippen LogP contribution in [0.15, 0.2) is 60.7 Å². The average molecular weight is 376 g/mol. The first-order valence-electron chi connectivity index (χ1n) is 10.2. The highest BCUT2D eigenvalue weighted by molar-refractivity contribution is 5.91. The molecule has 28 heavy (non-hydrogen) atoms. The zero-order chi connectivity index (χ0) is 19.6. The number of unbranched alkanes of at least 4 members (excludes halogenated alkanes) is 2. The van der Waals surface area contributed by atoms with Crippen LogP contribution >= 0.6 is 0 Å². The lowest BCUT2D eigenvalue weighted by atomic mass is 10.2. The van der Waals surface area contributed by atoms with Gasteiger partial charge in [-0.25, -0.2) is 4.98 Å². The third-order valence-corrected chi connectivity index (χ3v) is 4.78. The summed E-state index contributed by atoms with van der Waals surface area (Å²) in [5.41, 5.74) is 3.35. The maximum absolute atomic E-state index is 11.9. The summed E-state index contributed by atoms with van der Waals surface area (Å²) >= 11 is 0. The zero-order valence-corrected chi connectivity index (χ0v) is 16.6. The third-order valence-electron chi connectivity index (χ3n) is 4.78. The molecular formula is C24H29N3O. The Morgan fingerprint density at radius 2 is 1.82 bits per heavy atom. The van der Waals surface area contributed by atoms with E-state index < -0.39 is 0 Å². The molecule has 0 spiro atoms. The number of imidazole rings is 1. The van der Waals surface area contributed by atoms with E-state index in [1.807, 2.05) is 42.5 Å². The molecule has 4 heteroatoms. The van der Waals surface area contributed by atoms with Crippen molar-refractivity contribution in [2.45, 2.75) is 45.6 Å². The number of benzene rings is 2. The van der Waals surface area contributed by atoms with Crippen LogP contribution < -0.4 is 5.32 Å². The number of rotatable bonds is 10. The molecule has 0 aliphatic carbocycles. The van der Waals surface area contributed by atoms with Crippen molar-refractivity contribution in [3.05, 3.63) is 72.1 Å². The molecule has 3 aromatic rings. The van der Waals surface area contributed by atoms with Gasteiger partial charge in [0.25, 0.3) is 0 Å². The summed E-state index contributed by atoms with van der Waals surface area (Å²) in [5, 5.41) is 2.96. The van der Waals surface area contributed by atoms with Crippen LogP contribution in [0.4, 0.5) is 0 Å². The number of fused-ring (bicyclic) bond motifs is 1. The third kappa shape index (κ3) is 5.56. The Balaban J connectivity index is 1.39. The maximum atomic E-state index is 11.9. The predicted molar refractivity (Wildman–Crippen MR) is 116 cm³/mol. The summed E-state index contributed by atoms with van der Waals surface area (Å²) in [6, 6.07) is 18.2. The summed E-state index contributed by atoms with van der Waals surface area (Å²) in [6.45, 7) is 3.93. The Bertz CT molecular complexity index is 912. The number of para-hydroxylation sites is 2. The maximum Gasteiger partial charge on any atom is 0.243 e. The van der Waals surface area contributed by atoms with Crippen molar-refractivity contribution in [2.24, 2.45) is 0 Å². The fourth-order valence-corrected chi connectivity index (χ4v) is 3.38. The highest BCUT2D eigenvalue weighted by atomic mass is 16.1. The van der Waals surface area contributed by atoms with Gasteiger partial charge < -0.3 is 9.88 Å². The quantitative estimate of drug-likeness (QED) is 0.401. The zero-order valence-electron chi connectivity index (χ0n) is 16.6. The first-order chi connectivity index (χ1) is 13.8. The van der Waals surface area contributed by atoms with Gasteiger partial charge in [-0.05, 0) is 43.0 Å². The van der Waals surface area contributed by atoms with E-state index in [9.17, 15) is 4.79 Å². The molecular weight excluding hydrogens is 346 g/mol. The highest BCUT2D eigenvalue weighted by Crippen LogP contribution is 2.18. The summed E-state index contributed by atoms with van der Waals surface area (Å²) in [7, 11) is 0. The van der Waals surface area contributed by atoms with E-state index in [4.69, 9.17) is 4.98 Å². The minimum absolute atomic E-state index is 0.0337. The fraction of sp³-hybridized carbons (Fsp3) is 0.333. The molecule has 3 rings (SSSR count). The lowest BCUT2D eigenvalue weighted by molar-refractivity contribution is -0.116. The van der Waals surface area contributed by atoms with Gasteiger partial charge in [0.1, 0.15) is 5.82 Å². The molecule has 1 aromatic heterocycles. The molecule has 0 unspecified atom stereocenters. The number of hydrogen-bond donors (Lipinski definition) is 1. The van der Waals surface area contributed by atoms with Gasteiger partial charge >= 0.3 is 0 Å². The average Bonchev–Trinajstić information content (AvgIpc) is 3.07. The second-order valence-corrected chi connectivity index (χ2v) is 7.01. The van der Waals surface area contributed by atoms with Gasteiger partial charge in [-0.15, -0.1) is 0 Å². The van der Waals surface area contributed by atoms with E-state index in [1.165, 1.54) is 11.3 Å². The van der Waals surface area contributed by atoms with Gasteiger partial charge in [-0.1, -0.05) is 55.8 Å². The topological polar surface area (TPSA) is 46.9 Å². The Kier molecular flexibility index (Phi) is 7.42. The molecule has 0 aliphatic rings. The second-order valence-electron chi connectivity index (χ2n) is 7.01. The van der Waals surface area contributed by atoms with Crippen molar-refractivity contribution < 1.29 is 4.79 Å². The van der Waals surface area contributed by atoms with Crippen molar-refractivity contribution in [2.75, 3.05) is 6.54 Å². The molecule has 0 saturated carbocycles.